The predicted octanol–water partition coefficient (Wildman–Crippen LogP) is 0.332. The molecule has 1 heterocycles. The zero-order chi connectivity index (χ0) is 8.10. The Labute approximate surface area is 65.6 Å². The summed E-state index contributed by atoms with van der Waals surface area (Å²) < 4.78 is 1.67. The molecule has 4 nitrogen and oxygen atoms in total. The summed E-state index contributed by atoms with van der Waals surface area (Å²) in [6.45, 7) is 2.79. The Morgan fingerprint density at radius 2 is 2.55 bits per heavy atom. The third-order valence-corrected chi connectivity index (χ3v) is 1.47. The normalized spacial score (nSPS) is 12.4. The molecule has 1 aromatic rings. The SMILES string of the molecule is C#CC(C)CCn1cnnn1. The molecule has 0 amide bonds. The van der Waals surface area contributed by atoms with Crippen LogP contribution in [0.3, 0.4) is 0 Å². The molecule has 11 heavy (non-hydrogen) atoms. The molecule has 0 fully saturated rings. The molecule has 0 radical (unpaired) electrons. The largest absolute Gasteiger partial charge is 0.232 e. The van der Waals surface area contributed by atoms with E-state index in [0.717, 1.165) is 13.0 Å². The van der Waals surface area contributed by atoms with E-state index in [1.165, 1.54) is 0 Å². The van der Waals surface area contributed by atoms with E-state index in [2.05, 4.69) is 21.4 Å². The minimum absolute atomic E-state index is 0.291. The van der Waals surface area contributed by atoms with Gasteiger partial charge in [-0.2, -0.15) is 0 Å². The fourth-order valence-corrected chi connectivity index (χ4v) is 0.692. The van der Waals surface area contributed by atoms with Crippen LogP contribution in [0.25, 0.3) is 0 Å². The van der Waals surface area contributed by atoms with Crippen molar-refractivity contribution in [3.05, 3.63) is 6.33 Å². The van der Waals surface area contributed by atoms with Crippen LogP contribution in [-0.2, 0) is 6.54 Å². The first kappa shape index (κ1) is 7.73. The molecule has 1 atom stereocenters. The van der Waals surface area contributed by atoms with E-state index in [-0.39, 0.29) is 0 Å². The van der Waals surface area contributed by atoms with E-state index in [1.54, 1.807) is 11.0 Å². The first-order chi connectivity index (χ1) is 5.33. The summed E-state index contributed by atoms with van der Waals surface area (Å²) in [5.74, 6) is 2.94. The van der Waals surface area contributed by atoms with E-state index in [9.17, 15) is 0 Å². The summed E-state index contributed by atoms with van der Waals surface area (Å²) >= 11 is 0. The summed E-state index contributed by atoms with van der Waals surface area (Å²) in [7, 11) is 0. The third-order valence-electron chi connectivity index (χ3n) is 1.47. The fraction of sp³-hybridized carbons (Fsp3) is 0.571. The van der Waals surface area contributed by atoms with Crippen LogP contribution in [0.4, 0.5) is 0 Å². The summed E-state index contributed by atoms with van der Waals surface area (Å²) in [6, 6.07) is 0. The van der Waals surface area contributed by atoms with Gasteiger partial charge in [-0.1, -0.05) is 6.92 Å². The Hall–Kier alpha value is -1.37. The molecule has 0 saturated carbocycles. The van der Waals surface area contributed by atoms with Crippen molar-refractivity contribution in [3.63, 3.8) is 0 Å². The van der Waals surface area contributed by atoms with E-state index >= 15 is 0 Å². The lowest BCUT2D eigenvalue weighted by atomic mass is 10.1. The third kappa shape index (κ3) is 2.38. The lowest BCUT2D eigenvalue weighted by Crippen LogP contribution is -2.02. The van der Waals surface area contributed by atoms with Crippen LogP contribution in [0.15, 0.2) is 6.33 Å². The maximum Gasteiger partial charge on any atom is 0.138 e. The van der Waals surface area contributed by atoms with Gasteiger partial charge in [-0.15, -0.1) is 17.4 Å². The molecule has 0 aromatic carbocycles. The maximum atomic E-state index is 5.20. The topological polar surface area (TPSA) is 43.6 Å². The molecule has 0 aliphatic rings. The highest BCUT2D eigenvalue weighted by molar-refractivity contribution is 4.89. The number of rotatable bonds is 3. The van der Waals surface area contributed by atoms with Crippen LogP contribution < -0.4 is 0 Å². The van der Waals surface area contributed by atoms with E-state index in [1.807, 2.05) is 6.92 Å². The van der Waals surface area contributed by atoms with Crippen LogP contribution in [0.5, 0.6) is 0 Å². The van der Waals surface area contributed by atoms with E-state index < -0.39 is 0 Å². The van der Waals surface area contributed by atoms with Crippen LogP contribution in [0.2, 0.25) is 0 Å². The number of aromatic nitrogens is 4. The standard InChI is InChI=1S/C7H10N4/c1-3-7(2)4-5-11-6-8-9-10-11/h1,6-7H,4-5H2,2H3. The highest BCUT2D eigenvalue weighted by atomic mass is 15.5. The van der Waals surface area contributed by atoms with Gasteiger partial charge in [-0.3, -0.25) is 0 Å². The van der Waals surface area contributed by atoms with Crippen molar-refractivity contribution in [1.29, 1.82) is 0 Å². The first-order valence-corrected chi connectivity index (χ1v) is 3.50. The van der Waals surface area contributed by atoms with Crippen LogP contribution >= 0.6 is 0 Å². The van der Waals surface area contributed by atoms with Gasteiger partial charge in [0.2, 0.25) is 0 Å². The van der Waals surface area contributed by atoms with Crippen molar-refractivity contribution >= 4 is 0 Å². The van der Waals surface area contributed by atoms with Gasteiger partial charge in [-0.25, -0.2) is 4.68 Å². The van der Waals surface area contributed by atoms with Crippen molar-refractivity contribution in [2.45, 2.75) is 19.9 Å². The van der Waals surface area contributed by atoms with Gasteiger partial charge in [0.15, 0.2) is 0 Å². The van der Waals surface area contributed by atoms with Gasteiger partial charge in [0.05, 0.1) is 0 Å². The second-order valence-corrected chi connectivity index (χ2v) is 2.43. The molecule has 0 saturated heterocycles. The number of nitrogens with zero attached hydrogens (tertiary/aromatic N) is 4. The number of hydrogen-bond donors (Lipinski definition) is 0. The summed E-state index contributed by atoms with van der Waals surface area (Å²) in [4.78, 5) is 0. The van der Waals surface area contributed by atoms with Gasteiger partial charge < -0.3 is 0 Å². The van der Waals surface area contributed by atoms with Gasteiger partial charge in [-0.05, 0) is 16.8 Å². The zero-order valence-electron chi connectivity index (χ0n) is 6.44. The number of terminal acetylenes is 1. The second kappa shape index (κ2) is 3.71. The Morgan fingerprint density at radius 3 is 3.09 bits per heavy atom. The van der Waals surface area contributed by atoms with E-state index in [0.29, 0.717) is 5.92 Å². The monoisotopic (exact) mass is 150 g/mol. The number of tetrazole rings is 1. The molecule has 1 rings (SSSR count). The fourth-order valence-electron chi connectivity index (χ4n) is 0.692. The quantitative estimate of drug-likeness (QED) is 0.583. The number of aryl methyl sites for hydroxylation is 1. The Kier molecular flexibility index (Phi) is 2.61. The highest BCUT2D eigenvalue weighted by Gasteiger charge is 1.97. The molecule has 0 bridgehead atoms. The Balaban J connectivity index is 2.30. The van der Waals surface area contributed by atoms with Crippen molar-refractivity contribution in [1.82, 2.24) is 20.2 Å². The van der Waals surface area contributed by atoms with Gasteiger partial charge >= 0.3 is 0 Å². The molecular weight excluding hydrogens is 140 g/mol. The summed E-state index contributed by atoms with van der Waals surface area (Å²) in [5.41, 5.74) is 0. The molecule has 0 aliphatic carbocycles. The lowest BCUT2D eigenvalue weighted by molar-refractivity contribution is 0.512. The molecule has 1 unspecified atom stereocenters. The first-order valence-electron chi connectivity index (χ1n) is 3.50. The summed E-state index contributed by atoms with van der Waals surface area (Å²) in [6.07, 6.45) is 7.71. The predicted molar refractivity (Wildman–Crippen MR) is 40.4 cm³/mol. The van der Waals surface area contributed by atoms with Crippen molar-refractivity contribution < 1.29 is 0 Å². The average Bonchev–Trinajstić information content (AvgIpc) is 2.52. The second-order valence-electron chi connectivity index (χ2n) is 2.43. The molecule has 0 spiro atoms. The molecule has 0 aliphatic heterocycles. The highest BCUT2D eigenvalue weighted by Crippen LogP contribution is 1.99. The minimum atomic E-state index is 0.291. The van der Waals surface area contributed by atoms with Crippen LogP contribution in [0.1, 0.15) is 13.3 Å². The van der Waals surface area contributed by atoms with E-state index in [4.69, 9.17) is 6.42 Å². The maximum absolute atomic E-state index is 5.20. The average molecular weight is 150 g/mol. The minimum Gasteiger partial charge on any atom is -0.232 e. The molecular formula is C7H10N4. The van der Waals surface area contributed by atoms with Gasteiger partial charge in [0, 0.05) is 12.5 Å². The van der Waals surface area contributed by atoms with Crippen molar-refractivity contribution in [2.24, 2.45) is 5.92 Å². The Morgan fingerprint density at radius 1 is 1.73 bits per heavy atom. The summed E-state index contributed by atoms with van der Waals surface area (Å²) in [5, 5.41) is 10.7. The molecule has 0 N–H and O–H groups in total. The zero-order valence-corrected chi connectivity index (χ0v) is 6.44. The van der Waals surface area contributed by atoms with Crippen molar-refractivity contribution in [2.75, 3.05) is 0 Å². The van der Waals surface area contributed by atoms with Crippen molar-refractivity contribution in [3.8, 4) is 12.3 Å². The molecule has 4 heteroatoms. The Bertz CT molecular complexity index is 233. The van der Waals surface area contributed by atoms with Crippen LogP contribution in [0, 0.1) is 18.3 Å². The number of hydrogen-bond acceptors (Lipinski definition) is 3. The molecule has 58 valence electrons. The van der Waals surface area contributed by atoms with Gasteiger partial charge in [0.25, 0.3) is 0 Å². The smallest absolute Gasteiger partial charge is 0.138 e. The van der Waals surface area contributed by atoms with Crippen LogP contribution in [-0.4, -0.2) is 20.2 Å². The molecule has 1 aromatic heterocycles. The lowest BCUT2D eigenvalue weighted by Gasteiger charge is -2.01. The van der Waals surface area contributed by atoms with Gasteiger partial charge in [0.1, 0.15) is 6.33 Å².